The average Bonchev–Trinajstić information content (AvgIpc) is 3.78. The van der Waals surface area contributed by atoms with Crippen molar-refractivity contribution in [2.75, 3.05) is 4.90 Å². The Bertz CT molecular complexity index is 3190. The Labute approximate surface area is 305 Å². The molecule has 0 fully saturated rings. The molecule has 11 rings (SSSR count). The summed E-state index contributed by atoms with van der Waals surface area (Å²) in [6.07, 6.45) is 0. The number of furan rings is 2. The number of fused-ring (bicyclic) bond motifs is 9. The zero-order valence-corrected chi connectivity index (χ0v) is 28.7. The van der Waals surface area contributed by atoms with Crippen LogP contribution in [0.4, 0.5) is 17.1 Å². The van der Waals surface area contributed by atoms with E-state index >= 15 is 0 Å². The van der Waals surface area contributed by atoms with E-state index in [0.717, 1.165) is 71.9 Å². The van der Waals surface area contributed by atoms with Gasteiger partial charge >= 0.3 is 0 Å². The minimum Gasteiger partial charge on any atom is -0.456 e. The molecule has 0 aliphatic heterocycles. The molecule has 0 bridgehead atoms. The molecule has 0 radical (unpaired) electrons. The second-order valence-electron chi connectivity index (χ2n) is 13.7. The highest BCUT2D eigenvalue weighted by Crippen LogP contribution is 2.43. The van der Waals surface area contributed by atoms with E-state index in [1.165, 1.54) is 32.8 Å². The minimum absolute atomic E-state index is 0.876. The Morgan fingerprint density at radius 3 is 1.60 bits per heavy atom. The van der Waals surface area contributed by atoms with Gasteiger partial charge in [-0.2, -0.15) is 0 Å². The van der Waals surface area contributed by atoms with Crippen LogP contribution in [0, 0.1) is 0 Å². The lowest BCUT2D eigenvalue weighted by Gasteiger charge is -2.27. The Kier molecular flexibility index (Phi) is 6.55. The summed E-state index contributed by atoms with van der Waals surface area (Å²) in [5, 5.41) is 9.19. The predicted octanol–water partition coefficient (Wildman–Crippen LogP) is 14.6. The normalized spacial score (nSPS) is 11.8. The van der Waals surface area contributed by atoms with Crippen LogP contribution in [-0.4, -0.2) is 0 Å². The highest BCUT2D eigenvalue weighted by Gasteiger charge is 2.18. The van der Waals surface area contributed by atoms with Crippen LogP contribution >= 0.6 is 0 Å². The number of hydrogen-bond donors (Lipinski definition) is 0. The first kappa shape index (κ1) is 29.6. The van der Waals surface area contributed by atoms with Crippen molar-refractivity contribution < 1.29 is 8.83 Å². The average molecular weight is 678 g/mol. The maximum absolute atomic E-state index is 6.28. The van der Waals surface area contributed by atoms with Crippen molar-refractivity contribution in [1.29, 1.82) is 0 Å². The molecule has 9 aromatic carbocycles. The number of anilines is 3. The van der Waals surface area contributed by atoms with Gasteiger partial charge in [0.1, 0.15) is 22.3 Å². The monoisotopic (exact) mass is 677 g/mol. The van der Waals surface area contributed by atoms with E-state index in [4.69, 9.17) is 8.83 Å². The lowest BCUT2D eigenvalue weighted by atomic mass is 9.94. The fourth-order valence-corrected chi connectivity index (χ4v) is 8.12. The van der Waals surface area contributed by atoms with E-state index in [9.17, 15) is 0 Å². The first-order valence-corrected chi connectivity index (χ1v) is 18.0. The number of rotatable bonds is 5. The summed E-state index contributed by atoms with van der Waals surface area (Å²) in [7, 11) is 0. The molecule has 0 saturated carbocycles. The quantitative estimate of drug-likeness (QED) is 0.170. The summed E-state index contributed by atoms with van der Waals surface area (Å²) in [6, 6.07) is 67.0. The third kappa shape index (κ3) is 4.82. The molecule has 248 valence electrons. The molecule has 2 heterocycles. The van der Waals surface area contributed by atoms with Gasteiger partial charge in [0.15, 0.2) is 0 Å². The Balaban J connectivity index is 1.14. The molecular formula is C50H31NO2. The molecule has 11 aromatic rings. The van der Waals surface area contributed by atoms with Gasteiger partial charge < -0.3 is 13.7 Å². The van der Waals surface area contributed by atoms with Crippen LogP contribution in [0.25, 0.3) is 87.7 Å². The maximum Gasteiger partial charge on any atom is 0.136 e. The summed E-state index contributed by atoms with van der Waals surface area (Å²) < 4.78 is 12.5. The largest absolute Gasteiger partial charge is 0.456 e. The Morgan fingerprint density at radius 2 is 0.811 bits per heavy atom. The zero-order valence-electron chi connectivity index (χ0n) is 28.7. The lowest BCUT2D eigenvalue weighted by Crippen LogP contribution is -2.10. The molecule has 0 amide bonds. The number of benzene rings is 9. The Morgan fingerprint density at radius 1 is 0.283 bits per heavy atom. The van der Waals surface area contributed by atoms with Gasteiger partial charge in [-0.15, -0.1) is 0 Å². The van der Waals surface area contributed by atoms with Crippen LogP contribution in [0.3, 0.4) is 0 Å². The minimum atomic E-state index is 0.876. The highest BCUT2D eigenvalue weighted by molar-refractivity contribution is 6.17. The van der Waals surface area contributed by atoms with Crippen molar-refractivity contribution in [3.63, 3.8) is 0 Å². The molecular weight excluding hydrogens is 647 g/mol. The van der Waals surface area contributed by atoms with Gasteiger partial charge in [-0.3, -0.25) is 0 Å². The number of hydrogen-bond acceptors (Lipinski definition) is 3. The third-order valence-electron chi connectivity index (χ3n) is 10.6. The van der Waals surface area contributed by atoms with Gasteiger partial charge in [0.25, 0.3) is 0 Å². The predicted molar refractivity (Wildman–Crippen MR) is 222 cm³/mol. The van der Waals surface area contributed by atoms with Gasteiger partial charge in [0.2, 0.25) is 0 Å². The van der Waals surface area contributed by atoms with Crippen molar-refractivity contribution in [3.8, 4) is 22.3 Å². The summed E-state index contributed by atoms with van der Waals surface area (Å²) in [5.74, 6) is 0. The lowest BCUT2D eigenvalue weighted by molar-refractivity contribution is 0.668. The molecule has 0 saturated heterocycles. The third-order valence-corrected chi connectivity index (χ3v) is 10.6. The topological polar surface area (TPSA) is 29.5 Å². The highest BCUT2D eigenvalue weighted by atomic mass is 16.3. The second kappa shape index (κ2) is 11.7. The van der Waals surface area contributed by atoms with Crippen LogP contribution < -0.4 is 4.90 Å². The summed E-state index contributed by atoms with van der Waals surface area (Å²) >= 11 is 0. The van der Waals surface area contributed by atoms with Crippen LogP contribution in [-0.2, 0) is 0 Å². The van der Waals surface area contributed by atoms with Crippen LogP contribution in [0.1, 0.15) is 0 Å². The van der Waals surface area contributed by atoms with Crippen molar-refractivity contribution in [3.05, 3.63) is 188 Å². The van der Waals surface area contributed by atoms with Crippen LogP contribution in [0.15, 0.2) is 197 Å². The zero-order chi connectivity index (χ0) is 34.9. The van der Waals surface area contributed by atoms with Gasteiger partial charge in [-0.05, 0) is 111 Å². The second-order valence-corrected chi connectivity index (χ2v) is 13.7. The summed E-state index contributed by atoms with van der Waals surface area (Å²) in [5.41, 5.74) is 11.5. The molecule has 0 N–H and O–H groups in total. The molecule has 0 atom stereocenters. The SMILES string of the molecule is c1ccc(-c2ccccc2-c2cccc(N(c3ccc4ccc5cc6oc7ccccc7c6cc5c4c3)c3ccc4oc5ccccc5c4c3)c2)cc1. The van der Waals surface area contributed by atoms with Crippen molar-refractivity contribution in [1.82, 2.24) is 0 Å². The van der Waals surface area contributed by atoms with E-state index in [1.54, 1.807) is 0 Å². The fourth-order valence-electron chi connectivity index (χ4n) is 8.12. The van der Waals surface area contributed by atoms with E-state index in [1.807, 2.05) is 24.3 Å². The van der Waals surface area contributed by atoms with Crippen molar-refractivity contribution >= 4 is 82.5 Å². The first-order chi connectivity index (χ1) is 26.2. The molecule has 0 unspecified atom stereocenters. The number of nitrogens with zero attached hydrogens (tertiary/aromatic N) is 1. The summed E-state index contributed by atoms with van der Waals surface area (Å²) in [4.78, 5) is 2.37. The molecule has 3 nitrogen and oxygen atoms in total. The Hall–Kier alpha value is -7.10. The van der Waals surface area contributed by atoms with Crippen LogP contribution in [0.5, 0.6) is 0 Å². The maximum atomic E-state index is 6.28. The molecule has 0 aliphatic carbocycles. The van der Waals surface area contributed by atoms with Crippen LogP contribution in [0.2, 0.25) is 0 Å². The van der Waals surface area contributed by atoms with Crippen molar-refractivity contribution in [2.24, 2.45) is 0 Å². The van der Waals surface area contributed by atoms with Gasteiger partial charge in [0, 0.05) is 38.6 Å². The molecule has 53 heavy (non-hydrogen) atoms. The fraction of sp³-hybridized carbons (Fsp3) is 0. The van der Waals surface area contributed by atoms with Gasteiger partial charge in [-0.25, -0.2) is 0 Å². The molecule has 2 aromatic heterocycles. The first-order valence-electron chi connectivity index (χ1n) is 18.0. The molecule has 0 aliphatic rings. The van der Waals surface area contributed by atoms with Gasteiger partial charge in [0.05, 0.1) is 0 Å². The van der Waals surface area contributed by atoms with E-state index < -0.39 is 0 Å². The summed E-state index contributed by atoms with van der Waals surface area (Å²) in [6.45, 7) is 0. The molecule has 3 heteroatoms. The smallest absolute Gasteiger partial charge is 0.136 e. The standard InChI is InChI=1S/C50H31NO2/c1-2-11-32(12-3-1)39-15-4-5-16-40(39)34-13-10-14-36(27-34)51(38-25-26-49-45(30-38)41-17-6-8-19-47(41)52-49)37-24-23-33-21-22-35-28-50-46(31-44(35)43(33)29-37)42-18-7-9-20-48(42)53-50/h1-31H. The van der Waals surface area contributed by atoms with E-state index in [2.05, 4.69) is 169 Å². The van der Waals surface area contributed by atoms with E-state index in [0.29, 0.717) is 0 Å². The van der Waals surface area contributed by atoms with E-state index in [-0.39, 0.29) is 0 Å². The van der Waals surface area contributed by atoms with Crippen molar-refractivity contribution in [2.45, 2.75) is 0 Å². The van der Waals surface area contributed by atoms with Gasteiger partial charge in [-0.1, -0.05) is 121 Å². The molecule has 0 spiro atoms. The number of para-hydroxylation sites is 2.